The van der Waals surface area contributed by atoms with Crippen LogP contribution in [0.5, 0.6) is 0 Å². The molecule has 0 unspecified atom stereocenters. The molecule has 5 nitrogen and oxygen atoms in total. The molecular weight excluding hydrogens is 250 g/mol. The maximum atomic E-state index is 11.9. The lowest BCUT2D eigenvalue weighted by Gasteiger charge is -2.39. The molecule has 106 valence electrons. The van der Waals surface area contributed by atoms with E-state index >= 15 is 0 Å². The number of hydrogen-bond acceptors (Lipinski definition) is 3. The van der Waals surface area contributed by atoms with Crippen molar-refractivity contribution < 1.29 is 8.42 Å². The third-order valence-corrected chi connectivity index (χ3v) is 5.90. The van der Waals surface area contributed by atoms with Crippen molar-refractivity contribution in [3.8, 4) is 0 Å². The first kappa shape index (κ1) is 15.3. The van der Waals surface area contributed by atoms with Crippen molar-refractivity contribution in [1.82, 2.24) is 10.2 Å². The summed E-state index contributed by atoms with van der Waals surface area (Å²) in [5.41, 5.74) is 0. The molecule has 6 heteroatoms. The summed E-state index contributed by atoms with van der Waals surface area (Å²) < 4.78 is 23.2. The van der Waals surface area contributed by atoms with Crippen LogP contribution in [0.15, 0.2) is 4.99 Å². The number of sulfone groups is 1. The van der Waals surface area contributed by atoms with Gasteiger partial charge in [-0.05, 0) is 20.3 Å². The van der Waals surface area contributed by atoms with E-state index in [0.29, 0.717) is 13.1 Å². The second-order valence-electron chi connectivity index (χ2n) is 5.33. The molecule has 0 aliphatic carbocycles. The molecule has 0 aromatic carbocycles. The van der Waals surface area contributed by atoms with Crippen LogP contribution in [0.25, 0.3) is 0 Å². The fourth-order valence-electron chi connectivity index (χ4n) is 2.03. The molecule has 0 aromatic heterocycles. The smallest absolute Gasteiger partial charge is 0.193 e. The molecule has 1 rings (SSSR count). The monoisotopic (exact) mass is 275 g/mol. The van der Waals surface area contributed by atoms with Crippen molar-refractivity contribution in [1.29, 1.82) is 0 Å². The van der Waals surface area contributed by atoms with E-state index in [4.69, 9.17) is 0 Å². The van der Waals surface area contributed by atoms with Crippen LogP contribution in [0.1, 0.15) is 33.6 Å². The molecular formula is C12H25N3O2S. The zero-order chi connectivity index (χ0) is 13.8. The molecule has 1 heterocycles. The van der Waals surface area contributed by atoms with Gasteiger partial charge in [-0.3, -0.25) is 4.99 Å². The minimum atomic E-state index is -2.99. The molecule has 1 fully saturated rings. The molecule has 1 N–H and O–H groups in total. The second-order valence-corrected chi connectivity index (χ2v) is 8.07. The Balaban J connectivity index is 2.68. The Hall–Kier alpha value is -0.780. The zero-order valence-corrected chi connectivity index (χ0v) is 12.7. The molecule has 1 aliphatic rings. The topological polar surface area (TPSA) is 61.8 Å². The van der Waals surface area contributed by atoms with E-state index in [1.165, 1.54) is 0 Å². The van der Waals surface area contributed by atoms with Gasteiger partial charge >= 0.3 is 0 Å². The summed E-state index contributed by atoms with van der Waals surface area (Å²) in [6.45, 7) is 7.62. The Morgan fingerprint density at radius 1 is 1.44 bits per heavy atom. The number of unbranched alkanes of at least 4 members (excludes halogenated alkanes) is 1. The Labute approximate surface area is 111 Å². The van der Waals surface area contributed by atoms with Crippen LogP contribution in [0.3, 0.4) is 0 Å². The quantitative estimate of drug-likeness (QED) is 0.472. The van der Waals surface area contributed by atoms with Gasteiger partial charge in [0.1, 0.15) is 0 Å². The summed E-state index contributed by atoms with van der Waals surface area (Å²) in [6.07, 6.45) is 2.22. The van der Waals surface area contributed by atoms with Gasteiger partial charge in [-0.15, -0.1) is 0 Å². The highest BCUT2D eigenvalue weighted by Crippen LogP contribution is 2.23. The van der Waals surface area contributed by atoms with Gasteiger partial charge < -0.3 is 10.2 Å². The van der Waals surface area contributed by atoms with Gasteiger partial charge in [-0.1, -0.05) is 13.3 Å². The predicted octanol–water partition coefficient (Wildman–Crippen LogP) is 0.871. The minimum absolute atomic E-state index is 0.203. The molecule has 0 spiro atoms. The summed E-state index contributed by atoms with van der Waals surface area (Å²) in [4.78, 5) is 6.27. The summed E-state index contributed by atoms with van der Waals surface area (Å²) in [7, 11) is -1.24. The number of nitrogens with one attached hydrogen (secondary N) is 1. The molecule has 1 saturated heterocycles. The second kappa shape index (κ2) is 5.91. The number of aliphatic imine (C=N–C) groups is 1. The molecule has 0 radical (unpaired) electrons. The first-order valence-electron chi connectivity index (χ1n) is 6.52. The van der Waals surface area contributed by atoms with E-state index in [0.717, 1.165) is 25.3 Å². The van der Waals surface area contributed by atoms with E-state index in [9.17, 15) is 8.42 Å². The average Bonchev–Trinajstić information content (AvgIpc) is 2.29. The number of nitrogens with zero attached hydrogens (tertiary/aromatic N) is 2. The molecule has 1 aliphatic heterocycles. The summed E-state index contributed by atoms with van der Waals surface area (Å²) in [5, 5.41) is 3.29. The molecule has 0 saturated carbocycles. The van der Waals surface area contributed by atoms with Crippen LogP contribution in [0.4, 0.5) is 0 Å². The molecule has 0 amide bonds. The van der Waals surface area contributed by atoms with Gasteiger partial charge in [0.05, 0.1) is 10.5 Å². The minimum Gasteiger partial charge on any atom is -0.356 e. The molecule has 0 aromatic rings. The first-order chi connectivity index (χ1) is 8.34. The summed E-state index contributed by atoms with van der Waals surface area (Å²) in [6, 6.07) is 0. The lowest BCUT2D eigenvalue weighted by Crippen LogP contribution is -2.57. The van der Waals surface area contributed by atoms with Gasteiger partial charge in [0.25, 0.3) is 0 Å². The lowest BCUT2D eigenvalue weighted by atomic mass is 10.2. The Morgan fingerprint density at radius 2 is 2.11 bits per heavy atom. The van der Waals surface area contributed by atoms with Crippen LogP contribution in [0, 0.1) is 0 Å². The van der Waals surface area contributed by atoms with Crippen LogP contribution in [-0.2, 0) is 9.84 Å². The highest BCUT2D eigenvalue weighted by Gasteiger charge is 2.40. The standard InChI is InChI=1S/C12H25N3O2S/c1-5-6-7-14-11(13-4)15-8-9-18(16,17)12(2,3)10-15/h5-10H2,1-4H3,(H,13,14). The van der Waals surface area contributed by atoms with E-state index < -0.39 is 14.6 Å². The number of rotatable bonds is 3. The average molecular weight is 275 g/mol. The Bertz CT molecular complexity index is 402. The van der Waals surface area contributed by atoms with Crippen LogP contribution in [-0.4, -0.2) is 56.5 Å². The van der Waals surface area contributed by atoms with Gasteiger partial charge in [-0.25, -0.2) is 8.42 Å². The molecule has 0 bridgehead atoms. The molecule has 0 atom stereocenters. The largest absolute Gasteiger partial charge is 0.356 e. The predicted molar refractivity (Wildman–Crippen MR) is 75.7 cm³/mol. The van der Waals surface area contributed by atoms with Gasteiger partial charge in [0.2, 0.25) is 0 Å². The highest BCUT2D eigenvalue weighted by atomic mass is 32.2. The normalized spacial score (nSPS) is 22.9. The fraction of sp³-hybridized carbons (Fsp3) is 0.917. The molecule has 18 heavy (non-hydrogen) atoms. The van der Waals surface area contributed by atoms with Crippen LogP contribution >= 0.6 is 0 Å². The third-order valence-electron chi connectivity index (χ3n) is 3.37. The van der Waals surface area contributed by atoms with Crippen LogP contribution in [0.2, 0.25) is 0 Å². The number of guanidine groups is 1. The van der Waals surface area contributed by atoms with Crippen molar-refractivity contribution in [3.63, 3.8) is 0 Å². The third kappa shape index (κ3) is 3.37. The van der Waals surface area contributed by atoms with Crippen molar-refractivity contribution >= 4 is 15.8 Å². The number of hydrogen-bond donors (Lipinski definition) is 1. The maximum Gasteiger partial charge on any atom is 0.193 e. The van der Waals surface area contributed by atoms with Gasteiger partial charge in [0, 0.05) is 26.7 Å². The van der Waals surface area contributed by atoms with Crippen LogP contribution < -0.4 is 5.32 Å². The van der Waals surface area contributed by atoms with Crippen molar-refractivity contribution in [2.45, 2.75) is 38.4 Å². The fourth-order valence-corrected chi connectivity index (χ4v) is 3.40. The van der Waals surface area contributed by atoms with E-state index in [1.54, 1.807) is 20.9 Å². The van der Waals surface area contributed by atoms with Crippen molar-refractivity contribution in [2.75, 3.05) is 32.4 Å². The van der Waals surface area contributed by atoms with Gasteiger partial charge in [0.15, 0.2) is 15.8 Å². The van der Waals surface area contributed by atoms with E-state index in [1.807, 2.05) is 4.90 Å². The first-order valence-corrected chi connectivity index (χ1v) is 8.17. The Morgan fingerprint density at radius 3 is 2.61 bits per heavy atom. The van der Waals surface area contributed by atoms with Crippen molar-refractivity contribution in [3.05, 3.63) is 0 Å². The van der Waals surface area contributed by atoms with E-state index in [2.05, 4.69) is 17.2 Å². The van der Waals surface area contributed by atoms with Crippen molar-refractivity contribution in [2.24, 2.45) is 4.99 Å². The summed E-state index contributed by atoms with van der Waals surface area (Å²) in [5.74, 6) is 1.01. The van der Waals surface area contributed by atoms with Gasteiger partial charge in [-0.2, -0.15) is 0 Å². The summed E-state index contributed by atoms with van der Waals surface area (Å²) >= 11 is 0. The Kier molecular flexibility index (Phi) is 5.01. The lowest BCUT2D eigenvalue weighted by molar-refractivity contribution is 0.353. The SMILES string of the molecule is CCCCNC(=NC)N1CCS(=O)(=O)C(C)(C)C1. The highest BCUT2D eigenvalue weighted by molar-refractivity contribution is 7.92. The van der Waals surface area contributed by atoms with E-state index in [-0.39, 0.29) is 5.75 Å². The maximum absolute atomic E-state index is 11.9. The zero-order valence-electron chi connectivity index (χ0n) is 11.9.